The normalized spacial score (nSPS) is 10.9. The van der Waals surface area contributed by atoms with Crippen molar-refractivity contribution in [3.8, 4) is 0 Å². The number of hydrogen-bond donors (Lipinski definition) is 3. The van der Waals surface area contributed by atoms with Crippen molar-refractivity contribution in [2.24, 2.45) is 0 Å². The molecule has 3 N–H and O–H groups in total. The first-order chi connectivity index (χ1) is 13.7. The maximum Gasteiger partial charge on any atom is 0.331 e. The van der Waals surface area contributed by atoms with Crippen LogP contribution in [0.25, 0.3) is 0 Å². The minimum Gasteiger partial charge on any atom is -0.478 e. The molecule has 0 saturated carbocycles. The summed E-state index contributed by atoms with van der Waals surface area (Å²) in [6.07, 6.45) is 0.994. The summed E-state index contributed by atoms with van der Waals surface area (Å²) < 4.78 is 0. The molecule has 0 saturated heterocycles. The number of carbonyl (C=O) groups is 3. The van der Waals surface area contributed by atoms with Gasteiger partial charge in [0.05, 0.1) is 10.7 Å². The predicted octanol–water partition coefficient (Wildman–Crippen LogP) is 3.30. The van der Waals surface area contributed by atoms with Crippen LogP contribution in [0.5, 0.6) is 0 Å². The predicted molar refractivity (Wildman–Crippen MR) is 109 cm³/mol. The van der Waals surface area contributed by atoms with Crippen LogP contribution < -0.4 is 10.6 Å². The van der Waals surface area contributed by atoms with Crippen LogP contribution in [0.1, 0.15) is 6.92 Å². The summed E-state index contributed by atoms with van der Waals surface area (Å²) in [5.74, 6) is -1.86. The molecule has 29 heavy (non-hydrogen) atoms. The second kappa shape index (κ2) is 10.0. The van der Waals surface area contributed by atoms with E-state index in [0.717, 1.165) is 11.0 Å². The third-order valence-electron chi connectivity index (χ3n) is 3.54. The van der Waals surface area contributed by atoms with E-state index >= 15 is 0 Å². The van der Waals surface area contributed by atoms with Crippen molar-refractivity contribution < 1.29 is 24.4 Å². The lowest BCUT2D eigenvalue weighted by atomic mass is 10.2. The van der Waals surface area contributed by atoms with Gasteiger partial charge in [-0.3, -0.25) is 19.7 Å². The molecule has 0 aliphatic rings. The summed E-state index contributed by atoms with van der Waals surface area (Å²) in [6, 6.07) is 12.2. The Kier molecular flexibility index (Phi) is 7.49. The molecule has 2 rings (SSSR count). The highest BCUT2D eigenvalue weighted by molar-refractivity contribution is 8.00. The van der Waals surface area contributed by atoms with Gasteiger partial charge in [0.2, 0.25) is 11.8 Å². The number of amides is 2. The number of nitro benzene ring substituents is 1. The smallest absolute Gasteiger partial charge is 0.331 e. The highest BCUT2D eigenvalue weighted by Gasteiger charge is 2.08. The number of thioether (sulfide) groups is 1. The fourth-order valence-corrected chi connectivity index (χ4v) is 2.78. The van der Waals surface area contributed by atoms with Gasteiger partial charge in [0.1, 0.15) is 0 Å². The van der Waals surface area contributed by atoms with Gasteiger partial charge in [0.25, 0.3) is 5.69 Å². The number of benzene rings is 2. The number of non-ortho nitro benzene ring substituents is 1. The molecule has 0 spiro atoms. The number of anilines is 2. The quantitative estimate of drug-likeness (QED) is 0.260. The Bertz CT molecular complexity index is 955. The lowest BCUT2D eigenvalue weighted by Gasteiger charge is -2.06. The van der Waals surface area contributed by atoms with E-state index in [1.54, 1.807) is 24.3 Å². The maximum atomic E-state index is 12.0. The van der Waals surface area contributed by atoms with Crippen molar-refractivity contribution in [2.75, 3.05) is 16.4 Å². The molecule has 0 bridgehead atoms. The van der Waals surface area contributed by atoms with Crippen LogP contribution in [0.4, 0.5) is 17.1 Å². The first-order valence-electron chi connectivity index (χ1n) is 8.24. The summed E-state index contributed by atoms with van der Waals surface area (Å²) >= 11 is 1.28. The average Bonchev–Trinajstić information content (AvgIpc) is 2.67. The van der Waals surface area contributed by atoms with Crippen molar-refractivity contribution in [3.63, 3.8) is 0 Å². The second-order valence-corrected chi connectivity index (χ2v) is 6.84. The molecule has 150 valence electrons. The third kappa shape index (κ3) is 7.11. The Hall–Kier alpha value is -3.66. The molecule has 0 radical (unpaired) electrons. The van der Waals surface area contributed by atoms with Crippen molar-refractivity contribution in [3.05, 3.63) is 70.3 Å². The van der Waals surface area contributed by atoms with Crippen LogP contribution >= 0.6 is 11.8 Å². The number of rotatable bonds is 8. The van der Waals surface area contributed by atoms with E-state index in [-0.39, 0.29) is 22.9 Å². The molecule has 0 atom stereocenters. The Morgan fingerprint density at radius 1 is 1.03 bits per heavy atom. The number of nitro groups is 1. The summed E-state index contributed by atoms with van der Waals surface area (Å²) in [4.78, 5) is 45.3. The van der Waals surface area contributed by atoms with Gasteiger partial charge >= 0.3 is 5.97 Å². The Morgan fingerprint density at radius 3 is 2.14 bits per heavy atom. The lowest BCUT2D eigenvalue weighted by molar-refractivity contribution is -0.384. The van der Waals surface area contributed by atoms with Crippen LogP contribution in [0, 0.1) is 10.1 Å². The zero-order chi connectivity index (χ0) is 21.4. The summed E-state index contributed by atoms with van der Waals surface area (Å²) in [5.41, 5.74) is 0.819. The van der Waals surface area contributed by atoms with Gasteiger partial charge < -0.3 is 15.7 Å². The molecule has 2 amide bonds. The highest BCUT2D eigenvalue weighted by atomic mass is 32.2. The van der Waals surface area contributed by atoms with Gasteiger partial charge in [-0.1, -0.05) is 0 Å². The molecule has 0 aliphatic carbocycles. The van der Waals surface area contributed by atoms with Gasteiger partial charge in [-0.2, -0.15) is 0 Å². The van der Waals surface area contributed by atoms with E-state index in [1.165, 1.54) is 43.0 Å². The van der Waals surface area contributed by atoms with E-state index in [9.17, 15) is 24.5 Å². The number of hydrogen-bond acceptors (Lipinski definition) is 6. The van der Waals surface area contributed by atoms with Crippen molar-refractivity contribution in [1.29, 1.82) is 0 Å². The second-order valence-electron chi connectivity index (χ2n) is 5.79. The van der Waals surface area contributed by atoms with Gasteiger partial charge in [0.15, 0.2) is 0 Å². The molecule has 0 fully saturated rings. The van der Waals surface area contributed by atoms with E-state index in [0.29, 0.717) is 11.4 Å². The molecule has 0 aromatic heterocycles. The van der Waals surface area contributed by atoms with Crippen LogP contribution in [0.2, 0.25) is 0 Å². The lowest BCUT2D eigenvalue weighted by Crippen LogP contribution is -2.13. The topological polar surface area (TPSA) is 139 Å². The zero-order valence-corrected chi connectivity index (χ0v) is 16.1. The monoisotopic (exact) mass is 415 g/mol. The number of nitrogens with one attached hydrogen (secondary N) is 2. The van der Waals surface area contributed by atoms with Crippen molar-refractivity contribution in [1.82, 2.24) is 0 Å². The molecule has 0 heterocycles. The van der Waals surface area contributed by atoms with Gasteiger partial charge in [0, 0.05) is 40.1 Å². The number of carboxylic acids is 1. The van der Waals surface area contributed by atoms with Crippen LogP contribution in [-0.4, -0.2) is 33.6 Å². The molecule has 0 aliphatic heterocycles. The van der Waals surface area contributed by atoms with E-state index in [1.807, 2.05) is 0 Å². The largest absolute Gasteiger partial charge is 0.478 e. The third-order valence-corrected chi connectivity index (χ3v) is 4.55. The zero-order valence-electron chi connectivity index (χ0n) is 15.2. The van der Waals surface area contributed by atoms with Crippen molar-refractivity contribution >= 4 is 46.6 Å². The highest BCUT2D eigenvalue weighted by Crippen LogP contribution is 2.21. The molecular formula is C19H17N3O6S. The first kappa shape index (κ1) is 21.6. The van der Waals surface area contributed by atoms with Crippen LogP contribution in [0.3, 0.4) is 0 Å². The molecule has 9 nitrogen and oxygen atoms in total. The Morgan fingerprint density at radius 2 is 1.59 bits per heavy atom. The molecule has 2 aromatic rings. The molecule has 2 aromatic carbocycles. The minimum atomic E-state index is -1.17. The van der Waals surface area contributed by atoms with Gasteiger partial charge in [-0.25, -0.2) is 4.79 Å². The summed E-state index contributed by atoms with van der Waals surface area (Å²) in [5, 5.41) is 24.6. The Labute approximate surface area is 170 Å². The molecule has 10 heteroatoms. The van der Waals surface area contributed by atoms with E-state index in [4.69, 9.17) is 5.11 Å². The summed E-state index contributed by atoms with van der Waals surface area (Å²) in [7, 11) is 0. The SMILES string of the molecule is CC(=CC(=O)Nc1ccc(SCC(=O)Nc2ccc([N+](=O)[O-])cc2)cc1)C(=O)O. The number of carbonyl (C=O) groups excluding carboxylic acids is 2. The van der Waals surface area contributed by atoms with Gasteiger partial charge in [-0.05, 0) is 43.3 Å². The maximum absolute atomic E-state index is 12.0. The van der Waals surface area contributed by atoms with E-state index in [2.05, 4.69) is 10.6 Å². The molecule has 0 unspecified atom stereocenters. The first-order valence-corrected chi connectivity index (χ1v) is 9.23. The van der Waals surface area contributed by atoms with Crippen LogP contribution in [-0.2, 0) is 14.4 Å². The van der Waals surface area contributed by atoms with E-state index < -0.39 is 16.8 Å². The number of aliphatic carboxylic acids is 1. The van der Waals surface area contributed by atoms with Crippen LogP contribution in [0.15, 0.2) is 65.1 Å². The van der Waals surface area contributed by atoms with Crippen molar-refractivity contribution in [2.45, 2.75) is 11.8 Å². The fraction of sp³-hybridized carbons (Fsp3) is 0.105. The minimum absolute atomic E-state index is 0.0573. The number of carboxylic acid groups (broad SMARTS) is 1. The fourth-order valence-electron chi connectivity index (χ4n) is 2.08. The Balaban J connectivity index is 1.84. The standard InChI is InChI=1S/C19H17N3O6S/c1-12(19(25)26)10-17(23)20-14-4-8-16(9-5-14)29-11-18(24)21-13-2-6-15(7-3-13)22(27)28/h2-10H,11H2,1H3,(H,20,23)(H,21,24)(H,25,26). The summed E-state index contributed by atoms with van der Waals surface area (Å²) in [6.45, 7) is 1.32. The average molecular weight is 415 g/mol. The molecular weight excluding hydrogens is 398 g/mol. The van der Waals surface area contributed by atoms with Gasteiger partial charge in [-0.15, -0.1) is 11.8 Å². The number of nitrogens with zero attached hydrogens (tertiary/aromatic N) is 1.